The molecule has 1 rings (SSSR count). The number of nitrogens with zero attached hydrogens (tertiary/aromatic N) is 1. The van der Waals surface area contributed by atoms with Gasteiger partial charge in [0.25, 0.3) is 5.91 Å². The number of hydrogen-bond donors (Lipinski definition) is 0. The molecule has 0 radical (unpaired) electrons. The molecular formula is C15H29NO2. The summed E-state index contributed by atoms with van der Waals surface area (Å²) in [6.45, 7) is 9.77. The van der Waals surface area contributed by atoms with Crippen LogP contribution in [-0.2, 0) is 9.53 Å². The highest BCUT2D eigenvalue weighted by Crippen LogP contribution is 2.41. The zero-order valence-electron chi connectivity index (χ0n) is 12.5. The van der Waals surface area contributed by atoms with Crippen LogP contribution in [0.15, 0.2) is 0 Å². The van der Waals surface area contributed by atoms with Crippen molar-refractivity contribution in [2.75, 3.05) is 13.1 Å². The van der Waals surface area contributed by atoms with E-state index in [4.69, 9.17) is 4.74 Å². The van der Waals surface area contributed by atoms with Crippen LogP contribution in [0.3, 0.4) is 0 Å². The SMILES string of the molecule is CCCCCCC[C@@H]1O[C@@]1(C)C(=O)N(CC)CC. The van der Waals surface area contributed by atoms with Crippen molar-refractivity contribution in [3.8, 4) is 0 Å². The average molecular weight is 255 g/mol. The van der Waals surface area contributed by atoms with Crippen LogP contribution in [0.5, 0.6) is 0 Å². The molecule has 1 saturated heterocycles. The fraction of sp³-hybridized carbons (Fsp3) is 0.933. The van der Waals surface area contributed by atoms with Gasteiger partial charge in [0.2, 0.25) is 0 Å². The lowest BCUT2D eigenvalue weighted by atomic mass is 10.0. The van der Waals surface area contributed by atoms with Crippen LogP contribution in [0.2, 0.25) is 0 Å². The van der Waals surface area contributed by atoms with Gasteiger partial charge in [-0.05, 0) is 27.2 Å². The normalized spacial score (nSPS) is 26.1. The number of hydrogen-bond acceptors (Lipinski definition) is 2. The maximum atomic E-state index is 12.2. The molecule has 0 aromatic carbocycles. The van der Waals surface area contributed by atoms with E-state index in [9.17, 15) is 4.79 Å². The van der Waals surface area contributed by atoms with Gasteiger partial charge in [-0.3, -0.25) is 4.79 Å². The van der Waals surface area contributed by atoms with Gasteiger partial charge >= 0.3 is 0 Å². The molecule has 0 bridgehead atoms. The molecule has 0 unspecified atom stereocenters. The van der Waals surface area contributed by atoms with Crippen LogP contribution in [0.4, 0.5) is 0 Å². The second kappa shape index (κ2) is 7.13. The Morgan fingerprint density at radius 3 is 2.28 bits per heavy atom. The molecule has 1 fully saturated rings. The first-order valence-electron chi connectivity index (χ1n) is 7.57. The number of ether oxygens (including phenoxy) is 1. The number of carbonyl (C=O) groups is 1. The molecular weight excluding hydrogens is 226 g/mol. The molecule has 1 aliphatic rings. The minimum absolute atomic E-state index is 0.159. The molecule has 0 N–H and O–H groups in total. The van der Waals surface area contributed by atoms with Crippen molar-refractivity contribution < 1.29 is 9.53 Å². The standard InChI is InChI=1S/C15H29NO2/c1-5-8-9-10-11-12-13-15(4,18-13)14(17)16(6-2)7-3/h13H,5-12H2,1-4H3/t13-,15+/m0/s1. The molecule has 3 nitrogen and oxygen atoms in total. The lowest BCUT2D eigenvalue weighted by Crippen LogP contribution is -2.40. The van der Waals surface area contributed by atoms with Crippen LogP contribution < -0.4 is 0 Å². The number of epoxide rings is 1. The fourth-order valence-corrected chi connectivity index (χ4v) is 2.54. The molecule has 1 heterocycles. The highest BCUT2D eigenvalue weighted by Gasteiger charge is 2.58. The number of carbonyl (C=O) groups excluding carboxylic acids is 1. The Labute approximate surface area is 112 Å². The predicted molar refractivity (Wildman–Crippen MR) is 74.6 cm³/mol. The van der Waals surface area contributed by atoms with Gasteiger partial charge in [-0.25, -0.2) is 0 Å². The minimum Gasteiger partial charge on any atom is -0.356 e. The molecule has 0 aliphatic carbocycles. The molecule has 1 aliphatic heterocycles. The number of unbranched alkanes of at least 4 members (excludes halogenated alkanes) is 4. The second-order valence-corrected chi connectivity index (χ2v) is 5.39. The van der Waals surface area contributed by atoms with Crippen molar-refractivity contribution in [1.29, 1.82) is 0 Å². The quantitative estimate of drug-likeness (QED) is 0.467. The minimum atomic E-state index is -0.517. The van der Waals surface area contributed by atoms with Gasteiger partial charge in [-0.1, -0.05) is 39.0 Å². The third kappa shape index (κ3) is 3.71. The number of amides is 1. The van der Waals surface area contributed by atoms with Gasteiger partial charge in [0.15, 0.2) is 5.60 Å². The monoisotopic (exact) mass is 255 g/mol. The van der Waals surface area contributed by atoms with Gasteiger partial charge in [-0.15, -0.1) is 0 Å². The van der Waals surface area contributed by atoms with E-state index in [2.05, 4.69) is 6.92 Å². The zero-order chi connectivity index (χ0) is 13.6. The van der Waals surface area contributed by atoms with Gasteiger partial charge in [0.1, 0.15) is 0 Å². The number of likely N-dealkylation sites (N-methyl/N-ethyl adjacent to an activating group) is 1. The van der Waals surface area contributed by atoms with Crippen LogP contribution >= 0.6 is 0 Å². The Balaban J connectivity index is 2.26. The summed E-state index contributed by atoms with van der Waals surface area (Å²) in [5.74, 6) is 0.172. The zero-order valence-corrected chi connectivity index (χ0v) is 12.5. The molecule has 0 saturated carbocycles. The van der Waals surface area contributed by atoms with E-state index in [0.29, 0.717) is 0 Å². The molecule has 0 aromatic rings. The first-order valence-corrected chi connectivity index (χ1v) is 7.57. The van der Waals surface area contributed by atoms with Crippen molar-refractivity contribution in [3.05, 3.63) is 0 Å². The van der Waals surface area contributed by atoms with E-state index in [1.54, 1.807) is 0 Å². The Bertz CT molecular complexity index is 263. The molecule has 3 heteroatoms. The van der Waals surface area contributed by atoms with Gasteiger partial charge < -0.3 is 9.64 Å². The van der Waals surface area contributed by atoms with E-state index in [1.807, 2.05) is 25.7 Å². The van der Waals surface area contributed by atoms with Crippen LogP contribution in [-0.4, -0.2) is 35.6 Å². The van der Waals surface area contributed by atoms with E-state index in [-0.39, 0.29) is 12.0 Å². The second-order valence-electron chi connectivity index (χ2n) is 5.39. The predicted octanol–water partition coefficient (Wildman–Crippen LogP) is 3.37. The summed E-state index contributed by atoms with van der Waals surface area (Å²) in [4.78, 5) is 14.1. The summed E-state index contributed by atoms with van der Waals surface area (Å²) < 4.78 is 5.67. The summed E-state index contributed by atoms with van der Waals surface area (Å²) >= 11 is 0. The van der Waals surface area contributed by atoms with Gasteiger partial charge in [0.05, 0.1) is 6.10 Å². The summed E-state index contributed by atoms with van der Waals surface area (Å²) in [5, 5.41) is 0. The van der Waals surface area contributed by atoms with Crippen molar-refractivity contribution in [2.45, 2.75) is 77.9 Å². The topological polar surface area (TPSA) is 32.8 Å². The Morgan fingerprint density at radius 1 is 1.11 bits per heavy atom. The highest BCUT2D eigenvalue weighted by atomic mass is 16.6. The molecule has 0 aromatic heterocycles. The lowest BCUT2D eigenvalue weighted by molar-refractivity contribution is -0.135. The van der Waals surface area contributed by atoms with E-state index < -0.39 is 5.60 Å². The van der Waals surface area contributed by atoms with Gasteiger partial charge in [-0.2, -0.15) is 0 Å². The summed E-state index contributed by atoms with van der Waals surface area (Å²) in [6.07, 6.45) is 7.55. The van der Waals surface area contributed by atoms with Crippen LogP contribution in [0, 0.1) is 0 Å². The lowest BCUT2D eigenvalue weighted by Gasteiger charge is -2.21. The largest absolute Gasteiger partial charge is 0.356 e. The van der Waals surface area contributed by atoms with E-state index in [1.165, 1.54) is 32.1 Å². The van der Waals surface area contributed by atoms with Crippen molar-refractivity contribution in [2.24, 2.45) is 0 Å². The smallest absolute Gasteiger partial charge is 0.257 e. The average Bonchev–Trinajstić information content (AvgIpc) is 3.03. The van der Waals surface area contributed by atoms with Crippen LogP contribution in [0.1, 0.15) is 66.2 Å². The maximum absolute atomic E-state index is 12.2. The van der Waals surface area contributed by atoms with E-state index in [0.717, 1.165) is 19.5 Å². The molecule has 2 atom stereocenters. The summed E-state index contributed by atoms with van der Waals surface area (Å²) in [7, 11) is 0. The van der Waals surface area contributed by atoms with Crippen molar-refractivity contribution in [3.63, 3.8) is 0 Å². The number of rotatable bonds is 9. The van der Waals surface area contributed by atoms with E-state index >= 15 is 0 Å². The molecule has 18 heavy (non-hydrogen) atoms. The third-order valence-electron chi connectivity index (χ3n) is 3.99. The fourth-order valence-electron chi connectivity index (χ4n) is 2.54. The Hall–Kier alpha value is -0.570. The maximum Gasteiger partial charge on any atom is 0.257 e. The molecule has 1 amide bonds. The van der Waals surface area contributed by atoms with Crippen molar-refractivity contribution >= 4 is 5.91 Å². The van der Waals surface area contributed by atoms with Crippen molar-refractivity contribution in [1.82, 2.24) is 4.90 Å². The first-order chi connectivity index (χ1) is 8.60. The molecule has 106 valence electrons. The first kappa shape index (κ1) is 15.5. The van der Waals surface area contributed by atoms with Crippen LogP contribution in [0.25, 0.3) is 0 Å². The highest BCUT2D eigenvalue weighted by molar-refractivity contribution is 5.88. The summed E-state index contributed by atoms with van der Waals surface area (Å²) in [5.41, 5.74) is -0.517. The molecule has 0 spiro atoms. The third-order valence-corrected chi connectivity index (χ3v) is 3.99. The summed E-state index contributed by atoms with van der Waals surface area (Å²) in [6, 6.07) is 0. The Morgan fingerprint density at radius 2 is 1.72 bits per heavy atom. The van der Waals surface area contributed by atoms with Gasteiger partial charge in [0, 0.05) is 13.1 Å². The Kier molecular flexibility index (Phi) is 6.13.